The molecule has 0 fully saturated rings. The molecule has 0 bridgehead atoms. The van der Waals surface area contributed by atoms with Gasteiger partial charge in [0, 0.05) is 5.39 Å². The number of nitrogens with zero attached hydrogens (tertiary/aromatic N) is 2. The summed E-state index contributed by atoms with van der Waals surface area (Å²) in [7, 11) is 0. The van der Waals surface area contributed by atoms with Gasteiger partial charge in [-0.1, -0.05) is 42.5 Å². The number of imidazole rings is 1. The Morgan fingerprint density at radius 3 is 1.58 bits per heavy atom. The van der Waals surface area contributed by atoms with Gasteiger partial charge in [-0.25, -0.2) is 4.98 Å². The van der Waals surface area contributed by atoms with Crippen molar-refractivity contribution in [2.24, 2.45) is 0 Å². The number of rotatable bonds is 4. The number of para-hydroxylation sites is 2. The van der Waals surface area contributed by atoms with Crippen LogP contribution in [0.15, 0.2) is 200 Å². The molecule has 12 rings (SSSR count). The minimum atomic E-state index is -2.15. The molecule has 0 spiro atoms. The molecule has 2 heterocycles. The van der Waals surface area contributed by atoms with Crippen LogP contribution in [0.25, 0.3) is 92.6 Å². The quantitative estimate of drug-likeness (QED) is 0.0984. The molecule has 0 unspecified atom stereocenters. The number of aromatic nitrogens is 2. The predicted octanol–water partition coefficient (Wildman–Crippen LogP) is 12.5. The van der Waals surface area contributed by atoms with E-state index in [1.165, 1.54) is 86.3 Å². The van der Waals surface area contributed by atoms with Crippen LogP contribution in [0.2, 0.25) is 0 Å². The van der Waals surface area contributed by atoms with Crippen molar-refractivity contribution in [1.29, 1.82) is 0 Å². The van der Waals surface area contributed by atoms with Crippen molar-refractivity contribution in [3.8, 4) is 11.1 Å². The SMILES string of the molecule is [Se]=P(c1ccc2ccccc2c1)(c1ccc2ccccc2c1)c1ccc2cc(-c3ccc4c5c6ccccc6ccc5c5nc6ccccc6n5c4c3)ccc2c1. The molecule has 0 amide bonds. The third-order valence-electron chi connectivity index (χ3n) is 12.0. The normalized spacial score (nSPS) is 12.3. The second kappa shape index (κ2) is 12.6. The summed E-state index contributed by atoms with van der Waals surface area (Å²) in [5.41, 5.74) is 4.52. The average Bonchev–Trinajstić information content (AvgIpc) is 3.68. The standard InChI is InChI=1S/C53H33N2PSe/c57-56(43-24-19-34-9-1-3-12-37(34)30-43,44-25-20-35-10-2-4-13-38(35)31-44)45-26-21-40-29-39(17-18-41(40)32-45)42-23-27-47-51(33-42)55-50-16-8-7-15-49(50)54-53(55)48-28-22-36-11-5-6-14-46(36)52(47)48/h1-33H. The van der Waals surface area contributed by atoms with Crippen LogP contribution in [0.5, 0.6) is 0 Å². The topological polar surface area (TPSA) is 17.3 Å². The Labute approximate surface area is 336 Å². The molecule has 2 aromatic heterocycles. The van der Waals surface area contributed by atoms with Crippen molar-refractivity contribution in [3.63, 3.8) is 0 Å². The summed E-state index contributed by atoms with van der Waals surface area (Å²) in [6, 6.07) is 74.1. The van der Waals surface area contributed by atoms with Crippen molar-refractivity contribution >= 4 is 118 Å². The fraction of sp³-hybridized carbons (Fsp3) is 0. The molecule has 0 N–H and O–H groups in total. The monoisotopic (exact) mass is 808 g/mol. The van der Waals surface area contributed by atoms with Gasteiger partial charge >= 0.3 is 251 Å². The van der Waals surface area contributed by atoms with E-state index in [0.29, 0.717) is 0 Å². The first-order valence-corrected chi connectivity index (χ1v) is 23.4. The van der Waals surface area contributed by atoms with Crippen LogP contribution in [-0.4, -0.2) is 24.5 Å². The average molecular weight is 808 g/mol. The summed E-state index contributed by atoms with van der Waals surface area (Å²) in [4.78, 5) is 5.21. The van der Waals surface area contributed by atoms with Crippen molar-refractivity contribution in [2.75, 3.05) is 0 Å². The summed E-state index contributed by atoms with van der Waals surface area (Å²) in [5.74, 6) is 0. The van der Waals surface area contributed by atoms with Crippen LogP contribution in [0.4, 0.5) is 0 Å². The minimum absolute atomic E-state index is 0.994. The maximum atomic E-state index is 5.21. The number of hydrogen-bond donors (Lipinski definition) is 0. The molecular weight excluding hydrogens is 775 g/mol. The van der Waals surface area contributed by atoms with Crippen LogP contribution in [-0.2, 0) is 0 Å². The molecule has 12 aromatic rings. The second-order valence-corrected chi connectivity index (χ2v) is 21.3. The van der Waals surface area contributed by atoms with Gasteiger partial charge in [-0.3, -0.25) is 0 Å². The maximum absolute atomic E-state index is 5.21. The zero-order valence-corrected chi connectivity index (χ0v) is 33.4. The molecule has 0 saturated heterocycles. The van der Waals surface area contributed by atoms with Crippen LogP contribution in [0.1, 0.15) is 0 Å². The summed E-state index contributed by atoms with van der Waals surface area (Å²) < 4.78 is 2.36. The molecule has 0 aliphatic carbocycles. The Morgan fingerprint density at radius 2 is 0.860 bits per heavy atom. The van der Waals surface area contributed by atoms with E-state index in [9.17, 15) is 0 Å². The van der Waals surface area contributed by atoms with E-state index in [1.807, 2.05) is 0 Å². The fourth-order valence-corrected chi connectivity index (χ4v) is 14.0. The zero-order chi connectivity index (χ0) is 37.7. The Hall–Kier alpha value is -6.34. The molecule has 0 aliphatic rings. The van der Waals surface area contributed by atoms with Crippen molar-refractivity contribution in [1.82, 2.24) is 9.38 Å². The second-order valence-electron chi connectivity index (χ2n) is 15.1. The van der Waals surface area contributed by atoms with E-state index in [1.54, 1.807) is 0 Å². The van der Waals surface area contributed by atoms with Gasteiger partial charge in [0.1, 0.15) is 0 Å². The molecule has 4 heteroatoms. The van der Waals surface area contributed by atoms with E-state index < -0.39 is 5.51 Å². The van der Waals surface area contributed by atoms with Crippen molar-refractivity contribution in [2.45, 2.75) is 0 Å². The van der Waals surface area contributed by atoms with Crippen molar-refractivity contribution in [3.05, 3.63) is 200 Å². The van der Waals surface area contributed by atoms with E-state index in [-0.39, 0.29) is 0 Å². The Morgan fingerprint density at radius 1 is 0.368 bits per heavy atom. The summed E-state index contributed by atoms with van der Waals surface area (Å²) in [5, 5.41) is 17.6. The number of fused-ring (bicyclic) bond motifs is 13. The van der Waals surface area contributed by atoms with E-state index in [2.05, 4.69) is 220 Å². The fourth-order valence-electron chi connectivity index (χ4n) is 9.11. The van der Waals surface area contributed by atoms with E-state index >= 15 is 0 Å². The number of benzene rings is 10. The zero-order valence-electron chi connectivity index (χ0n) is 30.8. The van der Waals surface area contributed by atoms with Gasteiger partial charge in [0.2, 0.25) is 0 Å². The first-order valence-electron chi connectivity index (χ1n) is 19.4. The first kappa shape index (κ1) is 32.9. The number of pyridine rings is 1. The van der Waals surface area contributed by atoms with Crippen molar-refractivity contribution < 1.29 is 0 Å². The molecule has 0 saturated carbocycles. The van der Waals surface area contributed by atoms with Crippen LogP contribution >= 0.6 is 5.51 Å². The molecule has 0 aliphatic heterocycles. The first-order chi connectivity index (χ1) is 28.1. The van der Waals surface area contributed by atoms with Crippen LogP contribution in [0.3, 0.4) is 0 Å². The summed E-state index contributed by atoms with van der Waals surface area (Å²) in [6.07, 6.45) is 0. The van der Waals surface area contributed by atoms with Crippen LogP contribution < -0.4 is 15.9 Å². The van der Waals surface area contributed by atoms with E-state index in [4.69, 9.17) is 4.98 Å². The molecule has 266 valence electrons. The van der Waals surface area contributed by atoms with Gasteiger partial charge in [0.05, 0.1) is 5.52 Å². The van der Waals surface area contributed by atoms with Gasteiger partial charge in [-0.15, -0.1) is 0 Å². The summed E-state index contributed by atoms with van der Waals surface area (Å²) >= 11 is 3.84. The number of hydrogen-bond acceptors (Lipinski definition) is 1. The predicted molar refractivity (Wildman–Crippen MR) is 248 cm³/mol. The van der Waals surface area contributed by atoms with Gasteiger partial charge in [-0.2, -0.15) is 0 Å². The molecular formula is C53H33N2PSe. The third kappa shape index (κ3) is 5.04. The Balaban J connectivity index is 1.04. The van der Waals surface area contributed by atoms with Gasteiger partial charge in [0.15, 0.2) is 0 Å². The van der Waals surface area contributed by atoms with Crippen LogP contribution in [0, 0.1) is 0 Å². The Bertz CT molecular complexity index is 3610. The third-order valence-corrected chi connectivity index (χ3v) is 18.9. The Kier molecular flexibility index (Phi) is 7.26. The molecule has 0 radical (unpaired) electrons. The molecule has 2 nitrogen and oxygen atoms in total. The van der Waals surface area contributed by atoms with Gasteiger partial charge in [0.25, 0.3) is 0 Å². The molecule has 10 aromatic carbocycles. The van der Waals surface area contributed by atoms with Gasteiger partial charge < -0.3 is 0 Å². The van der Waals surface area contributed by atoms with E-state index in [0.717, 1.165) is 22.2 Å². The van der Waals surface area contributed by atoms with Gasteiger partial charge in [-0.05, 0) is 29.0 Å². The molecule has 0 atom stereocenters. The summed E-state index contributed by atoms with van der Waals surface area (Å²) in [6.45, 7) is 0. The molecule has 57 heavy (non-hydrogen) atoms.